The van der Waals surface area contributed by atoms with Gasteiger partial charge >= 0.3 is 0 Å². The molecule has 0 saturated heterocycles. The van der Waals surface area contributed by atoms with Gasteiger partial charge in [0.2, 0.25) is 5.95 Å². The number of nitrogens with two attached hydrogens (primary N) is 1. The molecule has 0 aromatic carbocycles. The monoisotopic (exact) mass is 523 g/mol. The Kier molecular flexibility index (Phi) is 6.03. The zero-order valence-electron chi connectivity index (χ0n) is 22.8. The third-order valence-electron chi connectivity index (χ3n) is 9.28. The molecule has 2 saturated carbocycles. The van der Waals surface area contributed by atoms with Crippen LogP contribution in [0.15, 0.2) is 11.1 Å². The molecule has 11 heteroatoms. The van der Waals surface area contributed by atoms with Crippen molar-refractivity contribution in [2.24, 2.45) is 11.3 Å². The number of hydrogen-bond acceptors (Lipinski definition) is 6. The Morgan fingerprint density at radius 3 is 2.34 bits per heavy atom. The number of aromatic nitrogens is 4. The number of hydrogen-bond donors (Lipinski definition) is 2. The van der Waals surface area contributed by atoms with Crippen molar-refractivity contribution in [1.29, 1.82) is 0 Å². The maximum Gasteiger partial charge on any atom is 0.280 e. The van der Waals surface area contributed by atoms with E-state index in [1.165, 1.54) is 6.33 Å². The van der Waals surface area contributed by atoms with E-state index in [0.29, 0.717) is 12.3 Å². The van der Waals surface area contributed by atoms with Gasteiger partial charge in [-0.3, -0.25) is 9.78 Å². The molecule has 2 aromatic heterocycles. The van der Waals surface area contributed by atoms with E-state index in [2.05, 4.69) is 82.7 Å². The Morgan fingerprint density at radius 2 is 1.77 bits per heavy atom. The molecule has 2 unspecified atom stereocenters. The molecule has 0 radical (unpaired) electrons. The van der Waals surface area contributed by atoms with Crippen molar-refractivity contribution in [1.82, 2.24) is 19.5 Å². The van der Waals surface area contributed by atoms with Crippen molar-refractivity contribution >= 4 is 33.7 Å². The summed E-state index contributed by atoms with van der Waals surface area (Å²) in [7, 11) is -4.32. The number of imidazole rings is 1. The molecule has 2 heterocycles. The van der Waals surface area contributed by atoms with E-state index in [9.17, 15) is 4.79 Å². The Bertz CT molecular complexity index is 1180. The van der Waals surface area contributed by atoms with Gasteiger partial charge < -0.3 is 19.2 Å². The second-order valence-corrected chi connectivity index (χ2v) is 23.2. The number of aromatic amines is 1. The summed E-state index contributed by atoms with van der Waals surface area (Å²) < 4.78 is 31.7. The molecular formula is C24H42FN5O3Si2. The normalized spacial score (nSPS) is 29.6. The number of nitrogens with zero attached hydrogens (tertiary/aromatic N) is 3. The number of halogens is 1. The highest BCUT2D eigenvalue weighted by Gasteiger charge is 2.74. The van der Waals surface area contributed by atoms with Crippen molar-refractivity contribution in [2.45, 2.75) is 103 Å². The van der Waals surface area contributed by atoms with Crippen LogP contribution in [0.4, 0.5) is 10.3 Å². The first-order valence-corrected chi connectivity index (χ1v) is 18.3. The van der Waals surface area contributed by atoms with Gasteiger partial charge in [0.05, 0.1) is 18.5 Å². The van der Waals surface area contributed by atoms with Crippen LogP contribution in [0.5, 0.6) is 0 Å². The molecule has 2 aliphatic carbocycles. The number of anilines is 1. The van der Waals surface area contributed by atoms with Crippen molar-refractivity contribution in [3.8, 4) is 0 Å². The van der Waals surface area contributed by atoms with Gasteiger partial charge in [-0.05, 0) is 48.6 Å². The lowest BCUT2D eigenvalue weighted by atomic mass is 10.0. The predicted molar refractivity (Wildman–Crippen MR) is 142 cm³/mol. The van der Waals surface area contributed by atoms with E-state index in [1.54, 1.807) is 4.57 Å². The van der Waals surface area contributed by atoms with Crippen LogP contribution in [0.25, 0.3) is 11.2 Å². The van der Waals surface area contributed by atoms with Gasteiger partial charge in [-0.25, -0.2) is 9.37 Å². The van der Waals surface area contributed by atoms with Crippen LogP contribution in [0, 0.1) is 11.3 Å². The second-order valence-electron chi connectivity index (χ2n) is 13.6. The minimum absolute atomic E-state index is 0.00458. The Morgan fingerprint density at radius 1 is 1.17 bits per heavy atom. The molecule has 8 nitrogen and oxygen atoms in total. The maximum atomic E-state index is 16.5. The second kappa shape index (κ2) is 7.96. The van der Waals surface area contributed by atoms with Gasteiger partial charge in [-0.1, -0.05) is 41.5 Å². The van der Waals surface area contributed by atoms with E-state index < -0.39 is 45.9 Å². The first kappa shape index (κ1) is 26.5. The number of nitrogens with one attached hydrogen (secondary N) is 1. The van der Waals surface area contributed by atoms with Crippen LogP contribution < -0.4 is 11.3 Å². The van der Waals surface area contributed by atoms with Crippen molar-refractivity contribution in [3.05, 3.63) is 16.7 Å². The molecule has 2 fully saturated rings. The maximum absolute atomic E-state index is 16.5. The molecule has 0 amide bonds. The van der Waals surface area contributed by atoms with Crippen LogP contribution >= 0.6 is 0 Å². The zero-order valence-corrected chi connectivity index (χ0v) is 24.8. The Labute approximate surface area is 209 Å². The van der Waals surface area contributed by atoms with Crippen molar-refractivity contribution in [2.75, 3.05) is 12.3 Å². The van der Waals surface area contributed by atoms with E-state index in [1.807, 2.05) is 0 Å². The molecule has 2 aliphatic rings. The van der Waals surface area contributed by atoms with Crippen molar-refractivity contribution in [3.63, 3.8) is 0 Å². The van der Waals surface area contributed by atoms with E-state index in [4.69, 9.17) is 14.6 Å². The minimum Gasteiger partial charge on any atom is -0.416 e. The highest BCUT2D eigenvalue weighted by atomic mass is 28.4. The van der Waals surface area contributed by atoms with Crippen LogP contribution in [0.3, 0.4) is 0 Å². The van der Waals surface area contributed by atoms with E-state index in [-0.39, 0.29) is 27.5 Å². The van der Waals surface area contributed by atoms with Crippen LogP contribution in [-0.4, -0.2) is 55.0 Å². The molecule has 0 aliphatic heterocycles. The molecule has 196 valence electrons. The van der Waals surface area contributed by atoms with Crippen LogP contribution in [0.1, 0.15) is 54.0 Å². The first-order chi connectivity index (χ1) is 15.8. The Balaban J connectivity index is 1.74. The molecule has 0 bridgehead atoms. The standard InChI is InChI=1S/C24H42FN5O3Si2/c1-22(2,3)34(7,8)32-12-24-11-14(24)17(15(25)18(24)33-35(9,10)23(4,5)6)30-13-27-16-19(30)28-21(26)29-20(16)31/h13-15,17-18H,11-12H2,1-10H3,(H3,26,28,29,31)/t14?,15-,17+,18?,24-/m0/s1. The number of rotatable bonds is 6. The average Bonchev–Trinajstić information content (AvgIpc) is 3.17. The fourth-order valence-electron chi connectivity index (χ4n) is 4.82. The summed E-state index contributed by atoms with van der Waals surface area (Å²) in [4.78, 5) is 23.4. The third-order valence-corrected chi connectivity index (χ3v) is 18.2. The van der Waals surface area contributed by atoms with Gasteiger partial charge in [0, 0.05) is 12.0 Å². The fourth-order valence-corrected chi connectivity index (χ4v) is 7.24. The lowest BCUT2D eigenvalue weighted by molar-refractivity contribution is 0.0205. The SMILES string of the molecule is CC(C)(C)[Si](C)(C)OC[C@@]12CC1[C@@H](n1cnc3c(=O)[nH]c(N)nc31)[C@H](F)C2O[Si](C)(C)C(C)(C)C. The summed E-state index contributed by atoms with van der Waals surface area (Å²) in [5, 5.41) is 0.00162. The molecular weight excluding hydrogens is 481 g/mol. The summed E-state index contributed by atoms with van der Waals surface area (Å²) in [6.45, 7) is 22.4. The minimum atomic E-state index is -2.27. The molecule has 2 aromatic rings. The molecule has 35 heavy (non-hydrogen) atoms. The number of alkyl halides is 1. The average molecular weight is 524 g/mol. The van der Waals surface area contributed by atoms with Gasteiger partial charge in [0.15, 0.2) is 27.8 Å². The summed E-state index contributed by atoms with van der Waals surface area (Å²) >= 11 is 0. The fraction of sp³-hybridized carbons (Fsp3) is 0.792. The third kappa shape index (κ3) is 4.21. The Hall–Kier alpha value is -1.57. The lowest BCUT2D eigenvalue weighted by Crippen LogP contribution is -2.50. The molecule has 5 atom stereocenters. The topological polar surface area (TPSA) is 108 Å². The highest BCUT2D eigenvalue weighted by molar-refractivity contribution is 6.74. The summed E-state index contributed by atoms with van der Waals surface area (Å²) in [6.07, 6.45) is 0.478. The molecule has 4 rings (SSSR count). The predicted octanol–water partition coefficient (Wildman–Crippen LogP) is 5.01. The largest absolute Gasteiger partial charge is 0.416 e. The smallest absolute Gasteiger partial charge is 0.280 e. The van der Waals surface area contributed by atoms with Gasteiger partial charge in [-0.2, -0.15) is 4.98 Å². The van der Waals surface area contributed by atoms with Gasteiger partial charge in [0.25, 0.3) is 5.56 Å². The van der Waals surface area contributed by atoms with Crippen LogP contribution in [-0.2, 0) is 8.85 Å². The van der Waals surface area contributed by atoms with Crippen molar-refractivity contribution < 1.29 is 13.2 Å². The van der Waals surface area contributed by atoms with E-state index >= 15 is 4.39 Å². The van der Waals surface area contributed by atoms with E-state index in [0.717, 1.165) is 6.42 Å². The molecule has 0 spiro atoms. The summed E-state index contributed by atoms with van der Waals surface area (Å²) in [5.74, 6) is 0.00629. The first-order valence-electron chi connectivity index (χ1n) is 12.5. The highest BCUT2D eigenvalue weighted by Crippen LogP contribution is 2.70. The summed E-state index contributed by atoms with van der Waals surface area (Å²) in [6, 6.07) is -0.536. The number of H-pyrrole nitrogens is 1. The summed E-state index contributed by atoms with van der Waals surface area (Å²) in [5.41, 5.74) is 5.48. The quantitative estimate of drug-likeness (QED) is 0.515. The molecule has 3 N–H and O–H groups in total. The van der Waals surface area contributed by atoms with Gasteiger partial charge in [-0.15, -0.1) is 0 Å². The number of fused-ring (bicyclic) bond motifs is 2. The number of nitrogen functional groups attached to an aromatic ring is 1. The van der Waals surface area contributed by atoms with Crippen LogP contribution in [0.2, 0.25) is 36.3 Å². The van der Waals surface area contributed by atoms with Gasteiger partial charge in [0.1, 0.15) is 6.17 Å². The zero-order chi connectivity index (χ0) is 26.4. The lowest BCUT2D eigenvalue weighted by Gasteiger charge is -2.43.